The van der Waals surface area contributed by atoms with Crippen LogP contribution in [0.5, 0.6) is 0 Å². The predicted octanol–water partition coefficient (Wildman–Crippen LogP) is 1.19. The van der Waals surface area contributed by atoms with E-state index < -0.39 is 29.4 Å². The summed E-state index contributed by atoms with van der Waals surface area (Å²) in [6.07, 6.45) is 1.28. The maximum absolute atomic E-state index is 12.0. The highest BCUT2D eigenvalue weighted by atomic mass is 16.5. The van der Waals surface area contributed by atoms with Gasteiger partial charge in [0.25, 0.3) is 0 Å². The Balaban J connectivity index is 3.07. The molecule has 0 saturated heterocycles. The summed E-state index contributed by atoms with van der Waals surface area (Å²) in [4.78, 5) is 23.4. The number of hydrogen-bond donors (Lipinski definition) is 2. The molecule has 0 heterocycles. The van der Waals surface area contributed by atoms with Gasteiger partial charge in [0.15, 0.2) is 5.41 Å². The molecule has 0 aliphatic heterocycles. The van der Waals surface area contributed by atoms with Gasteiger partial charge < -0.3 is 14.9 Å². The first-order valence-corrected chi connectivity index (χ1v) is 6.09. The lowest BCUT2D eigenvalue weighted by Crippen LogP contribution is -2.49. The Morgan fingerprint density at radius 3 is 2.35 bits per heavy atom. The zero-order valence-electron chi connectivity index (χ0n) is 10.3. The van der Waals surface area contributed by atoms with Gasteiger partial charge in [-0.1, -0.05) is 13.3 Å². The average Bonchev–Trinajstić information content (AvgIpc) is 2.67. The fourth-order valence-corrected chi connectivity index (χ4v) is 2.73. The van der Waals surface area contributed by atoms with E-state index in [9.17, 15) is 19.8 Å². The van der Waals surface area contributed by atoms with E-state index in [0.29, 0.717) is 12.8 Å². The van der Waals surface area contributed by atoms with Gasteiger partial charge in [-0.25, -0.2) is 0 Å². The van der Waals surface area contributed by atoms with E-state index in [1.165, 1.54) is 0 Å². The molecule has 0 aromatic carbocycles. The van der Waals surface area contributed by atoms with Gasteiger partial charge >= 0.3 is 11.9 Å². The zero-order chi connectivity index (χ0) is 13.1. The van der Waals surface area contributed by atoms with Gasteiger partial charge in [-0.3, -0.25) is 9.59 Å². The highest BCUT2D eigenvalue weighted by Crippen LogP contribution is 2.43. The van der Waals surface area contributed by atoms with Gasteiger partial charge in [0.1, 0.15) is 0 Å². The third-order valence-electron chi connectivity index (χ3n) is 3.69. The first-order chi connectivity index (χ1) is 8.00. The van der Waals surface area contributed by atoms with Crippen LogP contribution in [0, 0.1) is 11.3 Å². The Labute approximate surface area is 101 Å². The second kappa shape index (κ2) is 5.49. The Morgan fingerprint density at radius 2 is 2.00 bits per heavy atom. The summed E-state index contributed by atoms with van der Waals surface area (Å²) in [7, 11) is 0. The van der Waals surface area contributed by atoms with Gasteiger partial charge in [-0.2, -0.15) is 0 Å². The van der Waals surface area contributed by atoms with Crippen molar-refractivity contribution >= 4 is 11.9 Å². The number of rotatable bonds is 5. The lowest BCUT2D eigenvalue weighted by molar-refractivity contribution is -0.176. The van der Waals surface area contributed by atoms with Gasteiger partial charge in [0.2, 0.25) is 0 Å². The van der Waals surface area contributed by atoms with Crippen molar-refractivity contribution in [1.29, 1.82) is 0 Å². The van der Waals surface area contributed by atoms with E-state index in [-0.39, 0.29) is 13.0 Å². The van der Waals surface area contributed by atoms with Crippen molar-refractivity contribution in [3.05, 3.63) is 0 Å². The summed E-state index contributed by atoms with van der Waals surface area (Å²) >= 11 is 0. The number of carboxylic acids is 1. The maximum atomic E-state index is 12.0. The molecule has 3 unspecified atom stereocenters. The smallest absolute Gasteiger partial charge is 0.323 e. The first-order valence-electron chi connectivity index (χ1n) is 6.09. The Morgan fingerprint density at radius 1 is 1.35 bits per heavy atom. The van der Waals surface area contributed by atoms with E-state index in [1.54, 1.807) is 13.8 Å². The van der Waals surface area contributed by atoms with Crippen LogP contribution in [-0.2, 0) is 14.3 Å². The molecule has 1 fully saturated rings. The zero-order valence-corrected chi connectivity index (χ0v) is 10.3. The molecule has 5 heteroatoms. The molecule has 1 rings (SSSR count). The van der Waals surface area contributed by atoms with Crippen molar-refractivity contribution in [2.75, 3.05) is 6.61 Å². The lowest BCUT2D eigenvalue weighted by Gasteiger charge is -2.33. The van der Waals surface area contributed by atoms with Crippen molar-refractivity contribution in [3.8, 4) is 0 Å². The van der Waals surface area contributed by atoms with Crippen LogP contribution in [0.4, 0.5) is 0 Å². The van der Waals surface area contributed by atoms with Crippen LogP contribution in [0.2, 0.25) is 0 Å². The predicted molar refractivity (Wildman–Crippen MR) is 60.3 cm³/mol. The number of ether oxygens (including phenoxy) is 1. The monoisotopic (exact) mass is 244 g/mol. The van der Waals surface area contributed by atoms with Crippen LogP contribution >= 0.6 is 0 Å². The number of aliphatic carboxylic acids is 1. The molecule has 0 radical (unpaired) electrons. The Bertz CT molecular complexity index is 301. The topological polar surface area (TPSA) is 83.8 Å². The van der Waals surface area contributed by atoms with E-state index in [2.05, 4.69) is 0 Å². The third kappa shape index (κ3) is 2.29. The van der Waals surface area contributed by atoms with Crippen LogP contribution in [0.1, 0.15) is 39.5 Å². The van der Waals surface area contributed by atoms with E-state index in [0.717, 1.165) is 6.42 Å². The Hall–Kier alpha value is -1.10. The second-order valence-corrected chi connectivity index (χ2v) is 4.46. The SMILES string of the molecule is CCOC(=O)C(CC)(C(=O)O)C1CCCC1O. The highest BCUT2D eigenvalue weighted by Gasteiger charge is 2.55. The molecule has 0 amide bonds. The van der Waals surface area contributed by atoms with Gasteiger partial charge in [-0.05, 0) is 26.2 Å². The number of aliphatic hydroxyl groups is 1. The van der Waals surface area contributed by atoms with Crippen LogP contribution < -0.4 is 0 Å². The minimum absolute atomic E-state index is 0.142. The largest absolute Gasteiger partial charge is 0.480 e. The van der Waals surface area contributed by atoms with Crippen molar-refractivity contribution in [1.82, 2.24) is 0 Å². The molecule has 1 aliphatic carbocycles. The number of carboxylic acid groups (broad SMARTS) is 1. The summed E-state index contributed by atoms with van der Waals surface area (Å²) in [6, 6.07) is 0. The number of esters is 1. The highest BCUT2D eigenvalue weighted by molar-refractivity contribution is 5.99. The molecular weight excluding hydrogens is 224 g/mol. The number of carbonyl (C=O) groups excluding carboxylic acids is 1. The van der Waals surface area contributed by atoms with Crippen molar-refractivity contribution in [2.24, 2.45) is 11.3 Å². The molecule has 98 valence electrons. The molecule has 17 heavy (non-hydrogen) atoms. The summed E-state index contributed by atoms with van der Waals surface area (Å²) in [5, 5.41) is 19.2. The summed E-state index contributed by atoms with van der Waals surface area (Å²) in [6.45, 7) is 3.44. The molecule has 1 aliphatic rings. The molecule has 0 spiro atoms. The second-order valence-electron chi connectivity index (χ2n) is 4.46. The summed E-state index contributed by atoms with van der Waals surface area (Å²) in [5.41, 5.74) is -1.59. The normalized spacial score (nSPS) is 27.5. The molecule has 2 N–H and O–H groups in total. The first kappa shape index (κ1) is 14.0. The van der Waals surface area contributed by atoms with Gasteiger partial charge in [0, 0.05) is 5.92 Å². The molecule has 0 aromatic heterocycles. The number of hydrogen-bond acceptors (Lipinski definition) is 4. The minimum atomic E-state index is -1.59. The standard InChI is InChI=1S/C12H20O5/c1-3-12(10(14)15,11(16)17-4-2)8-6-5-7-9(8)13/h8-9,13H,3-7H2,1-2H3,(H,14,15). The van der Waals surface area contributed by atoms with Crippen LogP contribution in [0.3, 0.4) is 0 Å². The molecule has 5 nitrogen and oxygen atoms in total. The summed E-state index contributed by atoms with van der Waals surface area (Å²) < 4.78 is 4.89. The van der Waals surface area contributed by atoms with Crippen LogP contribution in [-0.4, -0.2) is 34.9 Å². The van der Waals surface area contributed by atoms with Gasteiger partial charge in [-0.15, -0.1) is 0 Å². The molecule has 0 bridgehead atoms. The van der Waals surface area contributed by atoms with Crippen molar-refractivity contribution in [2.45, 2.75) is 45.6 Å². The Kier molecular flexibility index (Phi) is 4.51. The molecule has 3 atom stereocenters. The lowest BCUT2D eigenvalue weighted by atomic mass is 9.71. The van der Waals surface area contributed by atoms with Crippen molar-refractivity contribution in [3.63, 3.8) is 0 Å². The van der Waals surface area contributed by atoms with Crippen LogP contribution in [0.15, 0.2) is 0 Å². The fourth-order valence-electron chi connectivity index (χ4n) is 2.73. The van der Waals surface area contributed by atoms with Crippen molar-refractivity contribution < 1.29 is 24.5 Å². The summed E-state index contributed by atoms with van der Waals surface area (Å²) in [5.74, 6) is -2.45. The van der Waals surface area contributed by atoms with Crippen LogP contribution in [0.25, 0.3) is 0 Å². The molecule has 1 saturated carbocycles. The van der Waals surface area contributed by atoms with E-state index >= 15 is 0 Å². The quantitative estimate of drug-likeness (QED) is 0.560. The molecule has 0 aromatic rings. The molecular formula is C12H20O5. The third-order valence-corrected chi connectivity index (χ3v) is 3.69. The number of aliphatic hydroxyl groups excluding tert-OH is 1. The maximum Gasteiger partial charge on any atom is 0.323 e. The van der Waals surface area contributed by atoms with Gasteiger partial charge in [0.05, 0.1) is 12.7 Å². The fraction of sp³-hybridized carbons (Fsp3) is 0.833. The minimum Gasteiger partial charge on any atom is -0.480 e. The number of carbonyl (C=O) groups is 2. The van der Waals surface area contributed by atoms with E-state index in [4.69, 9.17) is 4.74 Å². The van der Waals surface area contributed by atoms with E-state index in [1.807, 2.05) is 0 Å². The average molecular weight is 244 g/mol.